The van der Waals surface area contributed by atoms with Crippen LogP contribution in [0, 0.1) is 13.8 Å². The fourth-order valence-electron chi connectivity index (χ4n) is 3.18. The molecule has 1 N–H and O–H groups in total. The Labute approximate surface area is 203 Å². The van der Waals surface area contributed by atoms with Gasteiger partial charge >= 0.3 is 5.97 Å². The molecule has 0 saturated heterocycles. The van der Waals surface area contributed by atoms with E-state index >= 15 is 0 Å². The van der Waals surface area contributed by atoms with E-state index in [4.69, 9.17) is 14.0 Å². The Morgan fingerprint density at radius 2 is 1.94 bits per heavy atom. The maximum absolute atomic E-state index is 12.7. The van der Waals surface area contributed by atoms with Crippen molar-refractivity contribution in [2.45, 2.75) is 50.8 Å². The molecule has 0 bridgehead atoms. The number of esters is 1. The summed E-state index contributed by atoms with van der Waals surface area (Å²) in [5, 5.41) is 7.23. The number of aryl methyl sites for hydroxylation is 2. The molecular weight excluding hydrogens is 454 g/mol. The summed E-state index contributed by atoms with van der Waals surface area (Å²) in [4.78, 5) is 29.6. The number of methoxy groups -OCH3 is 1. The van der Waals surface area contributed by atoms with E-state index in [1.54, 1.807) is 24.4 Å². The van der Waals surface area contributed by atoms with Gasteiger partial charge < -0.3 is 19.3 Å². The lowest BCUT2D eigenvalue weighted by molar-refractivity contribution is -0.119. The molecule has 0 fully saturated rings. The number of thioether (sulfide) groups is 1. The summed E-state index contributed by atoms with van der Waals surface area (Å²) >= 11 is 1.38. The first-order valence-electron chi connectivity index (χ1n) is 10.7. The SMILES string of the molecule is COc1ccc(C(C)(C)C)cc1NC(=O)COC(=O)c1cccnc1SCc1c(C)noc1C. The van der Waals surface area contributed by atoms with Crippen molar-refractivity contribution in [3.63, 3.8) is 0 Å². The molecule has 8 nitrogen and oxygen atoms in total. The largest absolute Gasteiger partial charge is 0.495 e. The normalized spacial score (nSPS) is 11.2. The maximum atomic E-state index is 12.7. The number of anilines is 1. The van der Waals surface area contributed by atoms with Gasteiger partial charge in [0.25, 0.3) is 5.91 Å². The van der Waals surface area contributed by atoms with Crippen molar-refractivity contribution in [2.75, 3.05) is 19.0 Å². The minimum Gasteiger partial charge on any atom is -0.495 e. The van der Waals surface area contributed by atoms with Crippen molar-refractivity contribution in [1.82, 2.24) is 10.1 Å². The van der Waals surface area contributed by atoms with Crippen molar-refractivity contribution in [3.8, 4) is 5.75 Å². The van der Waals surface area contributed by atoms with E-state index in [9.17, 15) is 9.59 Å². The number of carbonyl (C=O) groups is 2. The van der Waals surface area contributed by atoms with E-state index < -0.39 is 18.5 Å². The Hall–Kier alpha value is -3.33. The van der Waals surface area contributed by atoms with Crippen LogP contribution in [-0.2, 0) is 20.7 Å². The molecule has 0 radical (unpaired) electrons. The number of aromatic nitrogens is 2. The number of hydrogen-bond acceptors (Lipinski definition) is 8. The topological polar surface area (TPSA) is 104 Å². The van der Waals surface area contributed by atoms with Crippen molar-refractivity contribution >= 4 is 29.3 Å². The third-order valence-electron chi connectivity index (χ3n) is 5.20. The summed E-state index contributed by atoms with van der Waals surface area (Å²) in [7, 11) is 1.53. The van der Waals surface area contributed by atoms with Crippen LogP contribution in [0.25, 0.3) is 0 Å². The van der Waals surface area contributed by atoms with Gasteiger partial charge in [0.15, 0.2) is 6.61 Å². The first kappa shape index (κ1) is 25.3. The molecule has 2 heterocycles. The zero-order valence-electron chi connectivity index (χ0n) is 20.2. The molecule has 3 rings (SSSR count). The van der Waals surface area contributed by atoms with Crippen LogP contribution < -0.4 is 10.1 Å². The Morgan fingerprint density at radius 1 is 1.18 bits per heavy atom. The summed E-state index contributed by atoms with van der Waals surface area (Å²) in [6, 6.07) is 8.90. The number of nitrogens with one attached hydrogen (secondary N) is 1. The summed E-state index contributed by atoms with van der Waals surface area (Å²) in [5.41, 5.74) is 3.51. The lowest BCUT2D eigenvalue weighted by Crippen LogP contribution is -2.22. The van der Waals surface area contributed by atoms with Crippen LogP contribution >= 0.6 is 11.8 Å². The van der Waals surface area contributed by atoms with Crippen LogP contribution in [-0.4, -0.2) is 35.7 Å². The van der Waals surface area contributed by atoms with Crippen LogP contribution in [0.15, 0.2) is 46.1 Å². The fraction of sp³-hybridized carbons (Fsp3) is 0.360. The number of nitrogens with zero attached hydrogens (tertiary/aromatic N) is 2. The molecule has 0 aliphatic rings. The number of hydrogen-bond donors (Lipinski definition) is 1. The van der Waals surface area contributed by atoms with Crippen molar-refractivity contribution in [1.29, 1.82) is 0 Å². The average Bonchev–Trinajstić information content (AvgIpc) is 3.12. The Morgan fingerprint density at radius 3 is 2.59 bits per heavy atom. The Kier molecular flexibility index (Phi) is 7.98. The second-order valence-corrected chi connectivity index (χ2v) is 9.70. The number of carbonyl (C=O) groups excluding carboxylic acids is 2. The molecule has 0 spiro atoms. The van der Waals surface area contributed by atoms with Crippen molar-refractivity contribution < 1.29 is 23.6 Å². The van der Waals surface area contributed by atoms with Gasteiger partial charge in [-0.3, -0.25) is 4.79 Å². The molecule has 1 aromatic carbocycles. The molecule has 180 valence electrons. The van der Waals surface area contributed by atoms with Gasteiger partial charge in [0, 0.05) is 17.5 Å². The summed E-state index contributed by atoms with van der Waals surface area (Å²) in [6.45, 7) is 9.51. The molecule has 3 aromatic rings. The highest BCUT2D eigenvalue weighted by molar-refractivity contribution is 7.98. The van der Waals surface area contributed by atoms with E-state index in [-0.39, 0.29) is 5.41 Å². The first-order valence-corrected chi connectivity index (χ1v) is 11.7. The van der Waals surface area contributed by atoms with Gasteiger partial charge in [-0.05, 0) is 49.1 Å². The molecule has 0 atom stereocenters. The Bertz CT molecular complexity index is 1160. The molecule has 0 saturated carbocycles. The lowest BCUT2D eigenvalue weighted by atomic mass is 9.87. The number of amides is 1. The van der Waals surface area contributed by atoms with Gasteiger partial charge in [0.1, 0.15) is 16.5 Å². The number of rotatable bonds is 8. The van der Waals surface area contributed by atoms with E-state index in [1.807, 2.05) is 26.0 Å². The van der Waals surface area contributed by atoms with Gasteiger partial charge in [-0.1, -0.05) is 32.0 Å². The lowest BCUT2D eigenvalue weighted by Gasteiger charge is -2.21. The second-order valence-electron chi connectivity index (χ2n) is 8.74. The number of pyridine rings is 1. The smallest absolute Gasteiger partial charge is 0.341 e. The Balaban J connectivity index is 1.65. The fourth-order valence-corrected chi connectivity index (χ4v) is 4.31. The monoisotopic (exact) mass is 483 g/mol. The third-order valence-corrected chi connectivity index (χ3v) is 6.23. The molecular formula is C25H29N3O5S. The number of ether oxygens (including phenoxy) is 2. The average molecular weight is 484 g/mol. The van der Waals surface area contributed by atoms with Crippen molar-refractivity contribution in [3.05, 3.63) is 64.7 Å². The summed E-state index contributed by atoms with van der Waals surface area (Å²) in [5.74, 6) is 0.708. The molecule has 0 aliphatic heterocycles. The quantitative estimate of drug-likeness (QED) is 0.349. The van der Waals surface area contributed by atoms with Crippen LogP contribution in [0.5, 0.6) is 5.75 Å². The molecule has 0 aliphatic carbocycles. The van der Waals surface area contributed by atoms with Crippen molar-refractivity contribution in [2.24, 2.45) is 0 Å². The first-order chi connectivity index (χ1) is 16.1. The highest BCUT2D eigenvalue weighted by Crippen LogP contribution is 2.31. The molecule has 1 amide bonds. The molecule has 2 aromatic heterocycles. The van der Waals surface area contributed by atoms with E-state index in [0.717, 1.165) is 22.6 Å². The van der Waals surface area contributed by atoms with Gasteiger partial charge in [0.2, 0.25) is 0 Å². The standard InChI is InChI=1S/C25H29N3O5S/c1-15-19(16(2)33-28-15)14-34-23-18(8-7-11-26-23)24(30)32-13-22(29)27-20-12-17(25(3,4)5)9-10-21(20)31-6/h7-12H,13-14H2,1-6H3,(H,27,29). The maximum Gasteiger partial charge on any atom is 0.341 e. The van der Waals surface area contributed by atoms with Gasteiger partial charge in [-0.15, -0.1) is 11.8 Å². The van der Waals surface area contributed by atoms with Crippen LogP contribution in [0.3, 0.4) is 0 Å². The zero-order chi connectivity index (χ0) is 24.9. The molecule has 34 heavy (non-hydrogen) atoms. The highest BCUT2D eigenvalue weighted by atomic mass is 32.2. The summed E-state index contributed by atoms with van der Waals surface area (Å²) < 4.78 is 15.8. The second kappa shape index (κ2) is 10.7. The van der Waals surface area contributed by atoms with Gasteiger partial charge in [-0.2, -0.15) is 0 Å². The van der Waals surface area contributed by atoms with Crippen LogP contribution in [0.2, 0.25) is 0 Å². The summed E-state index contributed by atoms with van der Waals surface area (Å²) in [6.07, 6.45) is 1.60. The molecule has 9 heteroatoms. The predicted molar refractivity (Wildman–Crippen MR) is 130 cm³/mol. The van der Waals surface area contributed by atoms with E-state index in [1.165, 1.54) is 18.9 Å². The zero-order valence-corrected chi connectivity index (χ0v) is 21.0. The molecule has 0 unspecified atom stereocenters. The minimum atomic E-state index is -0.625. The van der Waals surface area contributed by atoms with Gasteiger partial charge in [-0.25, -0.2) is 9.78 Å². The van der Waals surface area contributed by atoms with E-state index in [2.05, 4.69) is 36.2 Å². The number of benzene rings is 1. The predicted octanol–water partition coefficient (Wildman–Crippen LogP) is 5.08. The van der Waals surface area contributed by atoms with Crippen LogP contribution in [0.1, 0.15) is 53.7 Å². The van der Waals surface area contributed by atoms with Gasteiger partial charge in [0.05, 0.1) is 24.1 Å². The third kappa shape index (κ3) is 6.17. The van der Waals surface area contributed by atoms with E-state index in [0.29, 0.717) is 27.8 Å². The minimum absolute atomic E-state index is 0.101. The van der Waals surface area contributed by atoms with Crippen LogP contribution in [0.4, 0.5) is 5.69 Å². The highest BCUT2D eigenvalue weighted by Gasteiger charge is 2.20.